The Morgan fingerprint density at radius 3 is 1.92 bits per heavy atom. The second-order valence-corrected chi connectivity index (χ2v) is 6.62. The van der Waals surface area contributed by atoms with Crippen molar-refractivity contribution in [2.75, 3.05) is 6.61 Å². The van der Waals surface area contributed by atoms with Crippen molar-refractivity contribution in [2.45, 2.75) is 103 Å². The van der Waals surface area contributed by atoms with E-state index in [-0.39, 0.29) is 6.61 Å². The lowest BCUT2D eigenvalue weighted by molar-refractivity contribution is 0.217. The highest BCUT2D eigenvalue weighted by molar-refractivity contribution is 5.27. The Balaban J connectivity index is 3.28. The Kier molecular flexibility index (Phi) is 19.8. The van der Waals surface area contributed by atoms with Gasteiger partial charge in [-0.05, 0) is 50.4 Å². The molecular formula is C23H38O2. The maximum atomic E-state index is 9.64. The summed E-state index contributed by atoms with van der Waals surface area (Å²) in [4.78, 5) is 0. The molecule has 0 aromatic rings. The van der Waals surface area contributed by atoms with Gasteiger partial charge in [0.15, 0.2) is 0 Å². The van der Waals surface area contributed by atoms with Crippen molar-refractivity contribution in [3.05, 3.63) is 12.2 Å². The number of rotatable bonds is 15. The fraction of sp³-hybridized carbons (Fsp3) is 0.739. The molecule has 2 heteroatoms. The number of aliphatic hydroxyl groups excluding tert-OH is 2. The van der Waals surface area contributed by atoms with Gasteiger partial charge in [-0.3, -0.25) is 0 Å². The first-order chi connectivity index (χ1) is 12.3. The summed E-state index contributed by atoms with van der Waals surface area (Å²) < 4.78 is 0. The van der Waals surface area contributed by atoms with Crippen LogP contribution in [0.15, 0.2) is 12.2 Å². The number of unbranched alkanes of at least 4 members (excludes halogenated alkanes) is 11. The zero-order valence-corrected chi connectivity index (χ0v) is 16.2. The Morgan fingerprint density at radius 2 is 1.32 bits per heavy atom. The molecule has 0 aliphatic rings. The highest BCUT2D eigenvalue weighted by Gasteiger charge is 1.98. The zero-order valence-electron chi connectivity index (χ0n) is 16.2. The Morgan fingerprint density at radius 1 is 0.760 bits per heavy atom. The topological polar surface area (TPSA) is 40.5 Å². The molecule has 0 saturated heterocycles. The molecule has 1 atom stereocenters. The van der Waals surface area contributed by atoms with Crippen molar-refractivity contribution < 1.29 is 10.2 Å². The number of allylic oxidation sites excluding steroid dienone is 2. The third-order valence-corrected chi connectivity index (χ3v) is 4.21. The molecule has 0 radical (unpaired) electrons. The average molecular weight is 347 g/mol. The minimum atomic E-state index is -0.582. The van der Waals surface area contributed by atoms with Gasteiger partial charge in [0.1, 0.15) is 12.7 Å². The summed E-state index contributed by atoms with van der Waals surface area (Å²) in [5.41, 5.74) is 0. The summed E-state index contributed by atoms with van der Waals surface area (Å²) in [6.07, 6.45) is 21.5. The van der Waals surface area contributed by atoms with Crippen molar-refractivity contribution in [1.29, 1.82) is 0 Å². The third kappa shape index (κ3) is 20.7. The van der Waals surface area contributed by atoms with E-state index >= 15 is 0 Å². The van der Waals surface area contributed by atoms with E-state index in [1.165, 1.54) is 77.0 Å². The SMILES string of the molecule is CCCCCCC=CCCCCCCCCC[C@@H](O)C#CC#CCO. The second-order valence-electron chi connectivity index (χ2n) is 6.62. The molecule has 0 bridgehead atoms. The molecule has 0 unspecified atom stereocenters. The van der Waals surface area contributed by atoms with Crippen molar-refractivity contribution in [3.63, 3.8) is 0 Å². The third-order valence-electron chi connectivity index (χ3n) is 4.21. The van der Waals surface area contributed by atoms with Crippen molar-refractivity contribution in [2.24, 2.45) is 0 Å². The van der Waals surface area contributed by atoms with Gasteiger partial charge < -0.3 is 10.2 Å². The number of hydrogen-bond donors (Lipinski definition) is 2. The van der Waals surface area contributed by atoms with Crippen LogP contribution in [0.1, 0.15) is 96.8 Å². The van der Waals surface area contributed by atoms with Gasteiger partial charge in [-0.1, -0.05) is 82.3 Å². The van der Waals surface area contributed by atoms with Gasteiger partial charge in [-0.15, -0.1) is 0 Å². The highest BCUT2D eigenvalue weighted by Crippen LogP contribution is 2.11. The van der Waals surface area contributed by atoms with E-state index in [9.17, 15) is 5.11 Å². The fourth-order valence-electron chi connectivity index (χ4n) is 2.68. The molecule has 0 heterocycles. The van der Waals surface area contributed by atoms with Crippen LogP contribution >= 0.6 is 0 Å². The standard InChI is InChI=1S/C23H38O2/c1-2-3-4-5-6-7-8-9-10-11-12-13-14-15-17-20-23(25)21-18-16-19-22-24/h7-8,23-25H,2-6,9-15,17,20,22H2,1H3/t23-/m1/s1. The van der Waals surface area contributed by atoms with Gasteiger partial charge in [0.05, 0.1) is 0 Å². The zero-order chi connectivity index (χ0) is 18.4. The van der Waals surface area contributed by atoms with Crippen LogP contribution in [0.4, 0.5) is 0 Å². The average Bonchev–Trinajstić information content (AvgIpc) is 2.62. The van der Waals surface area contributed by atoms with Crippen LogP contribution in [-0.4, -0.2) is 22.9 Å². The molecule has 0 saturated carbocycles. The summed E-state index contributed by atoms with van der Waals surface area (Å²) >= 11 is 0. The molecule has 0 aliphatic heterocycles. The monoisotopic (exact) mass is 346 g/mol. The molecule has 2 nitrogen and oxygen atoms in total. The Hall–Kier alpha value is -1.22. The summed E-state index contributed by atoms with van der Waals surface area (Å²) in [6, 6.07) is 0. The highest BCUT2D eigenvalue weighted by atomic mass is 16.3. The van der Waals surface area contributed by atoms with E-state index in [1.54, 1.807) is 0 Å². The van der Waals surface area contributed by atoms with E-state index in [0.717, 1.165) is 12.8 Å². The van der Waals surface area contributed by atoms with Gasteiger partial charge in [-0.25, -0.2) is 0 Å². The van der Waals surface area contributed by atoms with Gasteiger partial charge in [-0.2, -0.15) is 0 Å². The lowest BCUT2D eigenvalue weighted by atomic mass is 10.1. The number of hydrogen-bond acceptors (Lipinski definition) is 2. The molecule has 0 amide bonds. The predicted molar refractivity (Wildman–Crippen MR) is 108 cm³/mol. The molecule has 0 aromatic carbocycles. The molecule has 0 aliphatic carbocycles. The molecule has 0 rings (SSSR count). The molecule has 142 valence electrons. The minimum Gasteiger partial charge on any atom is -0.384 e. The largest absolute Gasteiger partial charge is 0.384 e. The van der Waals surface area contributed by atoms with Crippen molar-refractivity contribution in [3.8, 4) is 23.7 Å². The lowest BCUT2D eigenvalue weighted by Crippen LogP contribution is -2.01. The van der Waals surface area contributed by atoms with E-state index in [4.69, 9.17) is 5.11 Å². The minimum absolute atomic E-state index is 0.180. The quantitative estimate of drug-likeness (QED) is 0.237. The van der Waals surface area contributed by atoms with E-state index in [2.05, 4.69) is 42.8 Å². The molecule has 0 spiro atoms. The second kappa shape index (κ2) is 20.8. The summed E-state index contributed by atoms with van der Waals surface area (Å²) in [7, 11) is 0. The molecule has 0 fully saturated rings. The van der Waals surface area contributed by atoms with Crippen LogP contribution in [0.2, 0.25) is 0 Å². The number of aliphatic hydroxyl groups is 2. The Bertz CT molecular complexity index is 417. The molecule has 0 aromatic heterocycles. The van der Waals surface area contributed by atoms with E-state index in [1.807, 2.05) is 0 Å². The van der Waals surface area contributed by atoms with Crippen LogP contribution in [0.5, 0.6) is 0 Å². The smallest absolute Gasteiger partial charge is 0.115 e. The maximum absolute atomic E-state index is 9.64. The molecule has 2 N–H and O–H groups in total. The summed E-state index contributed by atoms with van der Waals surface area (Å²) in [5, 5.41) is 18.1. The van der Waals surface area contributed by atoms with E-state index in [0.29, 0.717) is 0 Å². The normalized spacial score (nSPS) is 11.6. The van der Waals surface area contributed by atoms with Gasteiger partial charge in [0.25, 0.3) is 0 Å². The van der Waals surface area contributed by atoms with Gasteiger partial charge >= 0.3 is 0 Å². The van der Waals surface area contributed by atoms with Gasteiger partial charge in [0, 0.05) is 0 Å². The van der Waals surface area contributed by atoms with E-state index < -0.39 is 6.10 Å². The van der Waals surface area contributed by atoms with Gasteiger partial charge in [0.2, 0.25) is 0 Å². The van der Waals surface area contributed by atoms with Crippen LogP contribution in [-0.2, 0) is 0 Å². The predicted octanol–water partition coefficient (Wildman–Crippen LogP) is 5.38. The Labute approximate surface area is 156 Å². The molecular weight excluding hydrogens is 308 g/mol. The summed E-state index contributed by atoms with van der Waals surface area (Å²) in [5.74, 6) is 10.2. The first-order valence-electron chi connectivity index (χ1n) is 10.2. The van der Waals surface area contributed by atoms with Crippen molar-refractivity contribution in [1.82, 2.24) is 0 Å². The first kappa shape index (κ1) is 23.8. The maximum Gasteiger partial charge on any atom is 0.115 e. The van der Waals surface area contributed by atoms with Crippen LogP contribution < -0.4 is 0 Å². The lowest BCUT2D eigenvalue weighted by Gasteiger charge is -2.03. The van der Waals surface area contributed by atoms with Crippen LogP contribution in [0.3, 0.4) is 0 Å². The van der Waals surface area contributed by atoms with Crippen LogP contribution in [0, 0.1) is 23.7 Å². The summed E-state index contributed by atoms with van der Waals surface area (Å²) in [6.45, 7) is 2.08. The first-order valence-corrected chi connectivity index (χ1v) is 10.2. The molecule has 25 heavy (non-hydrogen) atoms. The van der Waals surface area contributed by atoms with Crippen LogP contribution in [0.25, 0.3) is 0 Å². The van der Waals surface area contributed by atoms with Crippen molar-refractivity contribution >= 4 is 0 Å². The fourth-order valence-corrected chi connectivity index (χ4v) is 2.68.